The topological polar surface area (TPSA) is 94.2 Å². The van der Waals surface area contributed by atoms with E-state index < -0.39 is 10.0 Å². The molecule has 2 heterocycles. The van der Waals surface area contributed by atoms with E-state index in [0.717, 1.165) is 0 Å². The summed E-state index contributed by atoms with van der Waals surface area (Å²) in [6.45, 7) is 4.46. The molecule has 2 aliphatic rings. The highest BCUT2D eigenvalue weighted by molar-refractivity contribution is 7.89. The van der Waals surface area contributed by atoms with E-state index in [1.165, 1.54) is 28.6 Å². The predicted molar refractivity (Wildman–Crippen MR) is 106 cm³/mol. The Morgan fingerprint density at radius 3 is 2.34 bits per heavy atom. The molecule has 0 bridgehead atoms. The van der Waals surface area contributed by atoms with Crippen molar-refractivity contribution in [2.75, 3.05) is 25.2 Å². The molecule has 2 aliphatic heterocycles. The lowest BCUT2D eigenvalue weighted by atomic mass is 10.2. The fourth-order valence-electron chi connectivity index (χ4n) is 3.43. The fraction of sp³-hybridized carbons (Fsp3) is 0.350. The van der Waals surface area contributed by atoms with E-state index in [9.17, 15) is 13.2 Å². The maximum atomic E-state index is 12.9. The van der Waals surface area contributed by atoms with Crippen LogP contribution in [0.25, 0.3) is 0 Å². The Balaban J connectivity index is 1.47. The van der Waals surface area contributed by atoms with Crippen molar-refractivity contribution in [3.05, 3.63) is 48.0 Å². The van der Waals surface area contributed by atoms with E-state index in [0.29, 0.717) is 35.8 Å². The minimum Gasteiger partial charge on any atom is -0.454 e. The van der Waals surface area contributed by atoms with Crippen molar-refractivity contribution in [1.29, 1.82) is 0 Å². The third-order valence-corrected chi connectivity index (χ3v) is 6.62. The lowest BCUT2D eigenvalue weighted by Crippen LogP contribution is -2.48. The first-order chi connectivity index (χ1) is 13.8. The first kappa shape index (κ1) is 19.7. The van der Waals surface area contributed by atoms with Gasteiger partial charge < -0.3 is 19.5 Å². The highest BCUT2D eigenvalue weighted by Gasteiger charge is 2.32. The van der Waals surface area contributed by atoms with Crippen molar-refractivity contribution < 1.29 is 27.4 Å². The zero-order valence-electron chi connectivity index (χ0n) is 16.1. The molecule has 1 amide bonds. The summed E-state index contributed by atoms with van der Waals surface area (Å²) in [5.41, 5.74) is 0.914. The largest absolute Gasteiger partial charge is 0.454 e. The number of hydrogen-bond acceptors (Lipinski definition) is 6. The van der Waals surface area contributed by atoms with E-state index >= 15 is 0 Å². The third kappa shape index (κ3) is 4.07. The molecule has 154 valence electrons. The average Bonchev–Trinajstić information content (AvgIpc) is 3.15. The Morgan fingerprint density at radius 1 is 1.00 bits per heavy atom. The van der Waals surface area contributed by atoms with Crippen LogP contribution in [0.2, 0.25) is 0 Å². The Morgan fingerprint density at radius 2 is 1.66 bits per heavy atom. The zero-order chi connectivity index (χ0) is 20.6. The molecule has 8 nitrogen and oxygen atoms in total. The smallest absolute Gasteiger partial charge is 0.255 e. The quantitative estimate of drug-likeness (QED) is 0.820. The van der Waals surface area contributed by atoms with Gasteiger partial charge in [-0.1, -0.05) is 0 Å². The maximum Gasteiger partial charge on any atom is 0.255 e. The molecule has 29 heavy (non-hydrogen) atoms. The van der Waals surface area contributed by atoms with Gasteiger partial charge in [0.25, 0.3) is 5.91 Å². The van der Waals surface area contributed by atoms with Crippen LogP contribution in [0, 0.1) is 0 Å². The molecule has 2 atom stereocenters. The summed E-state index contributed by atoms with van der Waals surface area (Å²) in [6, 6.07) is 11.0. The number of nitrogens with zero attached hydrogens (tertiary/aromatic N) is 1. The van der Waals surface area contributed by atoms with Crippen LogP contribution in [-0.2, 0) is 14.8 Å². The Bertz CT molecular complexity index is 1010. The molecule has 1 saturated heterocycles. The van der Waals surface area contributed by atoms with Crippen molar-refractivity contribution in [2.24, 2.45) is 0 Å². The van der Waals surface area contributed by atoms with E-state index in [1.54, 1.807) is 18.2 Å². The predicted octanol–water partition coefficient (Wildman–Crippen LogP) is 2.47. The molecule has 0 radical (unpaired) electrons. The number of morpholine rings is 1. The molecule has 1 fully saturated rings. The fourth-order valence-corrected chi connectivity index (χ4v) is 5.02. The van der Waals surface area contributed by atoms with Crippen LogP contribution in [0.5, 0.6) is 11.5 Å². The second-order valence-corrected chi connectivity index (χ2v) is 9.06. The van der Waals surface area contributed by atoms with Gasteiger partial charge in [-0.25, -0.2) is 8.42 Å². The zero-order valence-corrected chi connectivity index (χ0v) is 16.9. The van der Waals surface area contributed by atoms with Crippen LogP contribution in [-0.4, -0.2) is 50.7 Å². The van der Waals surface area contributed by atoms with E-state index in [2.05, 4.69) is 5.32 Å². The van der Waals surface area contributed by atoms with Gasteiger partial charge in [-0.15, -0.1) is 0 Å². The number of anilines is 1. The van der Waals surface area contributed by atoms with Crippen LogP contribution in [0.1, 0.15) is 24.2 Å². The average molecular weight is 418 g/mol. The van der Waals surface area contributed by atoms with Crippen LogP contribution in [0.15, 0.2) is 47.4 Å². The highest BCUT2D eigenvalue weighted by atomic mass is 32.2. The molecule has 2 aromatic rings. The van der Waals surface area contributed by atoms with Crippen LogP contribution in [0.4, 0.5) is 5.69 Å². The Labute approximate surface area is 169 Å². The summed E-state index contributed by atoms with van der Waals surface area (Å²) < 4.78 is 43.4. The van der Waals surface area contributed by atoms with Gasteiger partial charge in [-0.2, -0.15) is 4.31 Å². The molecule has 4 rings (SSSR count). The third-order valence-electron chi connectivity index (χ3n) is 4.77. The van der Waals surface area contributed by atoms with Crippen LogP contribution < -0.4 is 14.8 Å². The van der Waals surface area contributed by atoms with Gasteiger partial charge in [-0.05, 0) is 50.2 Å². The summed E-state index contributed by atoms with van der Waals surface area (Å²) in [6.07, 6.45) is -0.333. The van der Waals surface area contributed by atoms with Crippen molar-refractivity contribution in [2.45, 2.75) is 31.0 Å². The minimum absolute atomic E-state index is 0.151. The summed E-state index contributed by atoms with van der Waals surface area (Å²) in [7, 11) is -3.64. The second-order valence-electron chi connectivity index (χ2n) is 7.13. The van der Waals surface area contributed by atoms with Crippen molar-refractivity contribution >= 4 is 21.6 Å². The van der Waals surface area contributed by atoms with Crippen molar-refractivity contribution in [1.82, 2.24) is 4.31 Å². The van der Waals surface area contributed by atoms with Gasteiger partial charge in [0.1, 0.15) is 0 Å². The number of benzene rings is 2. The summed E-state index contributed by atoms with van der Waals surface area (Å²) in [4.78, 5) is 12.7. The molecule has 1 N–H and O–H groups in total. The van der Waals surface area contributed by atoms with Gasteiger partial charge in [0, 0.05) is 30.4 Å². The number of amides is 1. The first-order valence-electron chi connectivity index (χ1n) is 9.29. The van der Waals surface area contributed by atoms with Crippen molar-refractivity contribution in [3.63, 3.8) is 0 Å². The standard InChI is InChI=1S/C20H22N2O6S/c1-13-10-22(11-14(2)28-13)29(24,25)17-6-3-15(4-7-17)20(23)21-16-5-8-18-19(9-16)27-12-26-18/h3-9,13-14H,10-12H2,1-2H3,(H,21,23)/t13-,14+. The van der Waals surface area contributed by atoms with Gasteiger partial charge in [-0.3, -0.25) is 4.79 Å². The molecule has 0 aromatic heterocycles. The molecular formula is C20H22N2O6S. The summed E-state index contributed by atoms with van der Waals surface area (Å²) >= 11 is 0. The molecule has 0 aliphatic carbocycles. The number of fused-ring (bicyclic) bond motifs is 1. The SMILES string of the molecule is C[C@@H]1CN(S(=O)(=O)c2ccc(C(=O)Nc3ccc4c(c3)OCO4)cc2)C[C@H](C)O1. The maximum absolute atomic E-state index is 12.9. The van der Waals surface area contributed by atoms with Crippen LogP contribution in [0.3, 0.4) is 0 Å². The van der Waals surface area contributed by atoms with Crippen molar-refractivity contribution in [3.8, 4) is 11.5 Å². The highest BCUT2D eigenvalue weighted by Crippen LogP contribution is 2.34. The molecule has 2 aromatic carbocycles. The van der Waals surface area contributed by atoms with E-state index in [4.69, 9.17) is 14.2 Å². The van der Waals surface area contributed by atoms with E-state index in [1.807, 2.05) is 13.8 Å². The van der Waals surface area contributed by atoms with E-state index in [-0.39, 0.29) is 29.8 Å². The number of carbonyl (C=O) groups is 1. The van der Waals surface area contributed by atoms with Crippen LogP contribution >= 0.6 is 0 Å². The Kier molecular flexibility index (Phi) is 5.20. The Hall–Kier alpha value is -2.62. The number of hydrogen-bond donors (Lipinski definition) is 1. The molecular weight excluding hydrogens is 396 g/mol. The van der Waals surface area contributed by atoms with Gasteiger partial charge >= 0.3 is 0 Å². The van der Waals surface area contributed by atoms with Gasteiger partial charge in [0.05, 0.1) is 17.1 Å². The molecule has 9 heteroatoms. The normalized spacial score (nSPS) is 21.7. The summed E-state index contributed by atoms with van der Waals surface area (Å²) in [5, 5.41) is 2.77. The molecule has 0 spiro atoms. The molecule has 0 unspecified atom stereocenters. The number of carbonyl (C=O) groups excluding carboxylic acids is 1. The second kappa shape index (κ2) is 7.66. The van der Waals surface area contributed by atoms with Gasteiger partial charge in [0.15, 0.2) is 11.5 Å². The minimum atomic E-state index is -3.64. The lowest BCUT2D eigenvalue weighted by Gasteiger charge is -2.34. The number of ether oxygens (including phenoxy) is 3. The summed E-state index contributed by atoms with van der Waals surface area (Å²) in [5.74, 6) is 0.851. The van der Waals surface area contributed by atoms with Gasteiger partial charge in [0.2, 0.25) is 16.8 Å². The monoisotopic (exact) mass is 418 g/mol. The lowest BCUT2D eigenvalue weighted by molar-refractivity contribution is -0.0440. The number of rotatable bonds is 4. The first-order valence-corrected chi connectivity index (χ1v) is 10.7. The number of nitrogens with one attached hydrogen (secondary N) is 1. The molecule has 0 saturated carbocycles. The number of sulfonamides is 1.